The van der Waals surface area contributed by atoms with E-state index in [4.69, 9.17) is 9.47 Å². The van der Waals surface area contributed by atoms with Crippen molar-refractivity contribution in [2.45, 2.75) is 38.6 Å². The summed E-state index contributed by atoms with van der Waals surface area (Å²) in [6.07, 6.45) is 6.89. The Morgan fingerprint density at radius 3 is 2.72 bits per heavy atom. The maximum absolute atomic E-state index is 6.13. The molecule has 0 unspecified atom stereocenters. The summed E-state index contributed by atoms with van der Waals surface area (Å²) in [5.74, 6) is 1.99. The molecule has 0 radical (unpaired) electrons. The van der Waals surface area contributed by atoms with Gasteiger partial charge in [0.2, 0.25) is 0 Å². The molecule has 1 aromatic rings. The van der Waals surface area contributed by atoms with Gasteiger partial charge in [-0.15, -0.1) is 0 Å². The van der Waals surface area contributed by atoms with Gasteiger partial charge in [-0.25, -0.2) is 0 Å². The molecule has 1 aromatic carbocycles. The largest absolute Gasteiger partial charge is 0.492 e. The third kappa shape index (κ3) is 5.23. The minimum absolute atomic E-state index is 0.554. The van der Waals surface area contributed by atoms with Crippen LogP contribution in [0.15, 0.2) is 29.3 Å². The molecule has 0 bridgehead atoms. The molecule has 1 spiro atoms. The number of hydrogen-bond donors (Lipinski definition) is 1. The van der Waals surface area contributed by atoms with Crippen molar-refractivity contribution in [3.05, 3.63) is 29.8 Å². The zero-order chi connectivity index (χ0) is 19.9. The molecule has 2 heterocycles. The summed E-state index contributed by atoms with van der Waals surface area (Å²) in [4.78, 5) is 9.42. The van der Waals surface area contributed by atoms with Crippen LogP contribution in [-0.4, -0.2) is 75.4 Å². The Balaban J connectivity index is 1.28. The average Bonchev–Trinajstić information content (AvgIpc) is 3.40. The van der Waals surface area contributed by atoms with Crippen molar-refractivity contribution in [3.63, 3.8) is 0 Å². The summed E-state index contributed by atoms with van der Waals surface area (Å²) in [6.45, 7) is 8.34. The SMILES string of the molecule is CN=C(NCc1ccccc1OCCN1CCOCC1)N1CCC2(CCCC2)C1. The molecule has 1 saturated carbocycles. The predicted octanol–water partition coefficient (Wildman–Crippen LogP) is 2.74. The number of nitrogens with one attached hydrogen (secondary N) is 1. The molecule has 3 fully saturated rings. The fourth-order valence-corrected chi connectivity index (χ4v) is 5.06. The van der Waals surface area contributed by atoms with Crippen molar-refractivity contribution >= 4 is 5.96 Å². The van der Waals surface area contributed by atoms with Gasteiger partial charge in [0.25, 0.3) is 0 Å². The molecule has 2 aliphatic heterocycles. The summed E-state index contributed by atoms with van der Waals surface area (Å²) < 4.78 is 11.5. The second kappa shape index (κ2) is 9.81. The van der Waals surface area contributed by atoms with E-state index in [0.29, 0.717) is 12.0 Å². The monoisotopic (exact) mass is 400 g/mol. The first-order chi connectivity index (χ1) is 14.3. The van der Waals surface area contributed by atoms with Crippen LogP contribution in [0.4, 0.5) is 0 Å². The molecular formula is C23H36N4O2. The third-order valence-electron chi connectivity index (χ3n) is 6.79. The number of hydrogen-bond acceptors (Lipinski definition) is 4. The van der Waals surface area contributed by atoms with Crippen LogP contribution in [0.3, 0.4) is 0 Å². The first-order valence-electron chi connectivity index (χ1n) is 11.2. The number of aliphatic imine (C=N–C) groups is 1. The highest BCUT2D eigenvalue weighted by molar-refractivity contribution is 5.80. The van der Waals surface area contributed by atoms with E-state index >= 15 is 0 Å². The number of guanidine groups is 1. The molecule has 0 amide bonds. The van der Waals surface area contributed by atoms with Crippen molar-refractivity contribution < 1.29 is 9.47 Å². The minimum atomic E-state index is 0.554. The van der Waals surface area contributed by atoms with Crippen molar-refractivity contribution in [2.75, 3.05) is 59.6 Å². The molecule has 0 atom stereocenters. The summed E-state index contributed by atoms with van der Waals surface area (Å²) >= 11 is 0. The van der Waals surface area contributed by atoms with Gasteiger partial charge in [0.05, 0.1) is 13.2 Å². The normalized spacial score (nSPS) is 22.4. The molecule has 2 saturated heterocycles. The number of likely N-dealkylation sites (tertiary alicyclic amines) is 1. The maximum atomic E-state index is 6.13. The third-order valence-corrected chi connectivity index (χ3v) is 6.79. The molecular weight excluding hydrogens is 364 g/mol. The van der Waals surface area contributed by atoms with Crippen molar-refractivity contribution in [2.24, 2.45) is 10.4 Å². The highest BCUT2D eigenvalue weighted by Gasteiger charge is 2.41. The number of nitrogens with zero attached hydrogens (tertiary/aromatic N) is 3. The lowest BCUT2D eigenvalue weighted by Gasteiger charge is -2.27. The summed E-state index contributed by atoms with van der Waals surface area (Å²) in [6, 6.07) is 8.35. The first-order valence-corrected chi connectivity index (χ1v) is 11.2. The van der Waals surface area contributed by atoms with Gasteiger partial charge in [0, 0.05) is 51.9 Å². The van der Waals surface area contributed by atoms with Crippen LogP contribution in [0.1, 0.15) is 37.7 Å². The van der Waals surface area contributed by atoms with E-state index in [1.165, 1.54) is 37.7 Å². The van der Waals surface area contributed by atoms with Gasteiger partial charge in [0.15, 0.2) is 5.96 Å². The van der Waals surface area contributed by atoms with E-state index in [1.54, 1.807) is 0 Å². The molecule has 0 aromatic heterocycles. The van der Waals surface area contributed by atoms with Crippen molar-refractivity contribution in [3.8, 4) is 5.75 Å². The van der Waals surface area contributed by atoms with Crippen LogP contribution in [-0.2, 0) is 11.3 Å². The predicted molar refractivity (Wildman–Crippen MR) is 116 cm³/mol. The Bertz CT molecular complexity index is 681. The number of benzene rings is 1. The Labute approximate surface area is 175 Å². The number of rotatable bonds is 6. The van der Waals surface area contributed by atoms with Gasteiger partial charge in [-0.05, 0) is 30.7 Å². The summed E-state index contributed by atoms with van der Waals surface area (Å²) in [7, 11) is 1.90. The topological polar surface area (TPSA) is 49.3 Å². The molecule has 6 nitrogen and oxygen atoms in total. The van der Waals surface area contributed by atoms with E-state index in [-0.39, 0.29) is 0 Å². The number of para-hydroxylation sites is 1. The van der Waals surface area contributed by atoms with Crippen LogP contribution >= 0.6 is 0 Å². The van der Waals surface area contributed by atoms with E-state index in [1.807, 2.05) is 13.1 Å². The van der Waals surface area contributed by atoms with Crippen LogP contribution in [0.5, 0.6) is 5.75 Å². The van der Waals surface area contributed by atoms with E-state index in [2.05, 4.69) is 38.3 Å². The molecule has 1 aliphatic carbocycles. The van der Waals surface area contributed by atoms with E-state index in [0.717, 1.165) is 64.2 Å². The van der Waals surface area contributed by atoms with Gasteiger partial charge in [0.1, 0.15) is 12.4 Å². The van der Waals surface area contributed by atoms with E-state index < -0.39 is 0 Å². The fraction of sp³-hybridized carbons (Fsp3) is 0.696. The van der Waals surface area contributed by atoms with Crippen molar-refractivity contribution in [1.29, 1.82) is 0 Å². The second-order valence-corrected chi connectivity index (χ2v) is 8.69. The Kier molecular flexibility index (Phi) is 6.93. The zero-order valence-electron chi connectivity index (χ0n) is 17.9. The van der Waals surface area contributed by atoms with Gasteiger partial charge in [-0.1, -0.05) is 31.0 Å². The molecule has 1 N–H and O–H groups in total. The minimum Gasteiger partial charge on any atom is -0.492 e. The zero-order valence-corrected chi connectivity index (χ0v) is 17.9. The number of morpholine rings is 1. The van der Waals surface area contributed by atoms with Gasteiger partial charge in [-0.3, -0.25) is 9.89 Å². The van der Waals surface area contributed by atoms with Gasteiger partial charge in [-0.2, -0.15) is 0 Å². The standard InChI is InChI=1S/C23H36N4O2/c1-24-22(27-11-10-23(19-27)8-4-5-9-23)25-18-20-6-2-3-7-21(20)29-17-14-26-12-15-28-16-13-26/h2-3,6-7H,4-5,8-19H2,1H3,(H,24,25). The highest BCUT2D eigenvalue weighted by Crippen LogP contribution is 2.45. The van der Waals surface area contributed by atoms with Crippen LogP contribution < -0.4 is 10.1 Å². The summed E-state index contributed by atoms with van der Waals surface area (Å²) in [5, 5.41) is 3.58. The van der Waals surface area contributed by atoms with Crippen LogP contribution in [0.2, 0.25) is 0 Å². The van der Waals surface area contributed by atoms with Crippen molar-refractivity contribution in [1.82, 2.24) is 15.1 Å². The molecule has 160 valence electrons. The Morgan fingerprint density at radius 2 is 1.93 bits per heavy atom. The fourth-order valence-electron chi connectivity index (χ4n) is 5.06. The molecule has 4 rings (SSSR count). The quantitative estimate of drug-likeness (QED) is 0.588. The lowest BCUT2D eigenvalue weighted by atomic mass is 9.86. The van der Waals surface area contributed by atoms with Crippen LogP contribution in [0.25, 0.3) is 0 Å². The van der Waals surface area contributed by atoms with E-state index in [9.17, 15) is 0 Å². The highest BCUT2D eigenvalue weighted by atomic mass is 16.5. The lowest BCUT2D eigenvalue weighted by Crippen LogP contribution is -2.40. The summed E-state index contributed by atoms with van der Waals surface area (Å²) in [5.41, 5.74) is 1.74. The smallest absolute Gasteiger partial charge is 0.193 e. The molecule has 6 heteroatoms. The number of ether oxygens (including phenoxy) is 2. The molecule has 3 aliphatic rings. The Hall–Kier alpha value is -1.79. The first kappa shape index (κ1) is 20.5. The van der Waals surface area contributed by atoms with Crippen LogP contribution in [0, 0.1) is 5.41 Å². The maximum Gasteiger partial charge on any atom is 0.193 e. The van der Waals surface area contributed by atoms with Gasteiger partial charge >= 0.3 is 0 Å². The molecule has 29 heavy (non-hydrogen) atoms. The lowest BCUT2D eigenvalue weighted by molar-refractivity contribution is 0.0322. The van der Waals surface area contributed by atoms with Gasteiger partial charge < -0.3 is 19.7 Å². The second-order valence-electron chi connectivity index (χ2n) is 8.69. The average molecular weight is 401 g/mol. The Morgan fingerprint density at radius 1 is 1.14 bits per heavy atom.